The number of ether oxygens (including phenoxy) is 1. The molecule has 2 rings (SSSR count). The third-order valence-corrected chi connectivity index (χ3v) is 5.03. The minimum absolute atomic E-state index is 0.0748. The van der Waals surface area contributed by atoms with E-state index in [2.05, 4.69) is 17.6 Å². The molecule has 2 aliphatic rings. The fourth-order valence-electron chi connectivity index (χ4n) is 3.89. The van der Waals surface area contributed by atoms with Crippen molar-refractivity contribution in [1.29, 1.82) is 0 Å². The lowest BCUT2D eigenvalue weighted by atomic mass is 9.55. The van der Waals surface area contributed by atoms with Crippen molar-refractivity contribution in [2.75, 3.05) is 13.7 Å². The summed E-state index contributed by atoms with van der Waals surface area (Å²) in [5.41, 5.74) is 0.288. The van der Waals surface area contributed by atoms with Crippen molar-refractivity contribution in [1.82, 2.24) is 10.6 Å². The molecule has 2 N–H and O–H groups in total. The van der Waals surface area contributed by atoms with Gasteiger partial charge in [-0.25, -0.2) is 0 Å². The van der Waals surface area contributed by atoms with E-state index in [1.54, 1.807) is 7.05 Å². The minimum Gasteiger partial charge on any atom is -0.378 e. The Hall–Kier alpha value is -0.610. The smallest absolute Gasteiger partial charge is 0.236 e. The van der Waals surface area contributed by atoms with Crippen molar-refractivity contribution in [3.05, 3.63) is 0 Å². The molecule has 1 amide bonds. The molecule has 0 heterocycles. The second-order valence-corrected chi connectivity index (χ2v) is 6.03. The number of nitrogens with one attached hydrogen (secondary N) is 2. The van der Waals surface area contributed by atoms with E-state index in [4.69, 9.17) is 4.74 Å². The Morgan fingerprint density at radius 1 is 1.37 bits per heavy atom. The molecule has 2 fully saturated rings. The number of amides is 1. The number of likely N-dealkylation sites (N-methyl/N-ethyl adjacent to an activating group) is 1. The molecule has 3 atom stereocenters. The predicted molar refractivity (Wildman–Crippen MR) is 76.0 cm³/mol. The van der Waals surface area contributed by atoms with Crippen LogP contribution in [0, 0.1) is 5.41 Å². The molecule has 0 bridgehead atoms. The summed E-state index contributed by atoms with van der Waals surface area (Å²) in [6, 6.07) is 0.327. The quantitative estimate of drug-likeness (QED) is 0.800. The highest BCUT2D eigenvalue weighted by Crippen LogP contribution is 2.53. The van der Waals surface area contributed by atoms with Gasteiger partial charge in [0.05, 0.1) is 12.1 Å². The first kappa shape index (κ1) is 14.8. The van der Waals surface area contributed by atoms with Gasteiger partial charge in [-0.05, 0) is 33.1 Å². The van der Waals surface area contributed by atoms with Gasteiger partial charge in [-0.15, -0.1) is 0 Å². The zero-order chi connectivity index (χ0) is 13.9. The van der Waals surface area contributed by atoms with Crippen LogP contribution in [0.4, 0.5) is 0 Å². The largest absolute Gasteiger partial charge is 0.378 e. The number of hydrogen-bond donors (Lipinski definition) is 2. The lowest BCUT2D eigenvalue weighted by molar-refractivity contribution is -0.154. The van der Waals surface area contributed by atoms with Gasteiger partial charge in [-0.1, -0.05) is 19.3 Å². The normalized spacial score (nSPS) is 30.7. The van der Waals surface area contributed by atoms with E-state index < -0.39 is 0 Å². The molecule has 19 heavy (non-hydrogen) atoms. The van der Waals surface area contributed by atoms with E-state index in [0.29, 0.717) is 12.1 Å². The van der Waals surface area contributed by atoms with Crippen LogP contribution in [0.2, 0.25) is 0 Å². The Labute approximate surface area is 116 Å². The van der Waals surface area contributed by atoms with Crippen LogP contribution < -0.4 is 10.6 Å². The van der Waals surface area contributed by atoms with E-state index >= 15 is 0 Å². The van der Waals surface area contributed by atoms with Crippen molar-refractivity contribution < 1.29 is 9.53 Å². The molecule has 110 valence electrons. The van der Waals surface area contributed by atoms with Crippen molar-refractivity contribution in [2.45, 2.75) is 70.6 Å². The molecule has 0 saturated heterocycles. The Morgan fingerprint density at radius 3 is 2.63 bits per heavy atom. The summed E-state index contributed by atoms with van der Waals surface area (Å²) >= 11 is 0. The average molecular weight is 268 g/mol. The van der Waals surface area contributed by atoms with E-state index in [9.17, 15) is 4.79 Å². The highest BCUT2D eigenvalue weighted by atomic mass is 16.5. The van der Waals surface area contributed by atoms with Crippen LogP contribution in [0.5, 0.6) is 0 Å². The van der Waals surface area contributed by atoms with E-state index in [1.807, 2.05) is 6.92 Å². The van der Waals surface area contributed by atoms with Gasteiger partial charge in [-0.2, -0.15) is 0 Å². The molecule has 4 heteroatoms. The van der Waals surface area contributed by atoms with Gasteiger partial charge in [0.25, 0.3) is 0 Å². The SMILES string of the molecule is CCOC1CC(NC(C)C(=O)NC)C12CCCCC2. The zero-order valence-electron chi connectivity index (χ0n) is 12.5. The molecule has 0 aliphatic heterocycles. The second-order valence-electron chi connectivity index (χ2n) is 6.03. The van der Waals surface area contributed by atoms with Gasteiger partial charge in [0.2, 0.25) is 5.91 Å². The molecule has 0 aromatic carbocycles. The molecule has 4 nitrogen and oxygen atoms in total. The predicted octanol–water partition coefficient (Wildman–Crippen LogP) is 1.84. The fraction of sp³-hybridized carbons (Fsp3) is 0.933. The van der Waals surface area contributed by atoms with Crippen LogP contribution in [0.3, 0.4) is 0 Å². The molecular formula is C15H28N2O2. The van der Waals surface area contributed by atoms with Gasteiger partial charge >= 0.3 is 0 Å². The summed E-state index contributed by atoms with van der Waals surface area (Å²) in [4.78, 5) is 11.7. The summed E-state index contributed by atoms with van der Waals surface area (Å²) < 4.78 is 5.93. The second kappa shape index (κ2) is 6.23. The number of carbonyl (C=O) groups is 1. The van der Waals surface area contributed by atoms with Crippen LogP contribution in [0.1, 0.15) is 52.4 Å². The van der Waals surface area contributed by atoms with E-state index in [-0.39, 0.29) is 17.4 Å². The van der Waals surface area contributed by atoms with E-state index in [0.717, 1.165) is 13.0 Å². The van der Waals surface area contributed by atoms with Crippen LogP contribution in [-0.4, -0.2) is 37.7 Å². The zero-order valence-corrected chi connectivity index (χ0v) is 12.5. The van der Waals surface area contributed by atoms with Crippen LogP contribution >= 0.6 is 0 Å². The Bertz CT molecular complexity index is 313. The third-order valence-electron chi connectivity index (χ3n) is 5.03. The lowest BCUT2D eigenvalue weighted by Gasteiger charge is -2.58. The molecule has 2 saturated carbocycles. The number of rotatable bonds is 5. The summed E-state index contributed by atoms with van der Waals surface area (Å²) in [5.74, 6) is 0.0748. The van der Waals surface area contributed by atoms with Crippen LogP contribution in [0.25, 0.3) is 0 Å². The molecule has 0 aromatic heterocycles. The standard InChI is InChI=1S/C15H28N2O2/c1-4-19-13-10-12(17-11(2)14(18)16-3)15(13)8-6-5-7-9-15/h11-13,17H,4-10H2,1-3H3,(H,16,18). The van der Waals surface area contributed by atoms with Crippen molar-refractivity contribution >= 4 is 5.91 Å². The first-order valence-electron chi connectivity index (χ1n) is 7.73. The van der Waals surface area contributed by atoms with Gasteiger partial charge in [-0.3, -0.25) is 4.79 Å². The summed E-state index contributed by atoms with van der Waals surface area (Å²) in [6.07, 6.45) is 7.89. The Morgan fingerprint density at radius 2 is 2.05 bits per heavy atom. The van der Waals surface area contributed by atoms with Gasteiger partial charge in [0.1, 0.15) is 0 Å². The number of hydrogen-bond acceptors (Lipinski definition) is 3. The third kappa shape index (κ3) is 2.79. The molecule has 0 radical (unpaired) electrons. The Kier molecular flexibility index (Phi) is 4.85. The van der Waals surface area contributed by atoms with Crippen LogP contribution in [0.15, 0.2) is 0 Å². The maximum atomic E-state index is 11.7. The monoisotopic (exact) mass is 268 g/mol. The maximum Gasteiger partial charge on any atom is 0.236 e. The van der Waals surface area contributed by atoms with Gasteiger partial charge in [0.15, 0.2) is 0 Å². The van der Waals surface area contributed by atoms with Gasteiger partial charge in [0, 0.05) is 25.1 Å². The average Bonchev–Trinajstić information content (AvgIpc) is 2.46. The first-order valence-corrected chi connectivity index (χ1v) is 7.73. The van der Waals surface area contributed by atoms with Crippen molar-refractivity contribution in [3.8, 4) is 0 Å². The molecule has 2 aliphatic carbocycles. The van der Waals surface area contributed by atoms with Crippen LogP contribution in [-0.2, 0) is 9.53 Å². The molecule has 1 spiro atoms. The molecule has 3 unspecified atom stereocenters. The number of carbonyl (C=O) groups excluding carboxylic acids is 1. The summed E-state index contributed by atoms with van der Waals surface area (Å²) in [7, 11) is 1.70. The van der Waals surface area contributed by atoms with Crippen molar-refractivity contribution in [3.63, 3.8) is 0 Å². The van der Waals surface area contributed by atoms with Gasteiger partial charge < -0.3 is 15.4 Å². The van der Waals surface area contributed by atoms with Crippen molar-refractivity contribution in [2.24, 2.45) is 5.41 Å². The fourth-order valence-corrected chi connectivity index (χ4v) is 3.89. The highest BCUT2D eigenvalue weighted by Gasteiger charge is 2.55. The van der Waals surface area contributed by atoms with E-state index in [1.165, 1.54) is 32.1 Å². The topological polar surface area (TPSA) is 50.4 Å². The Balaban J connectivity index is 1.99. The lowest BCUT2D eigenvalue weighted by Crippen LogP contribution is -2.66. The first-order chi connectivity index (χ1) is 9.14. The molecular weight excluding hydrogens is 240 g/mol. The highest BCUT2D eigenvalue weighted by molar-refractivity contribution is 5.81. The minimum atomic E-state index is -0.114. The summed E-state index contributed by atoms with van der Waals surface area (Å²) in [6.45, 7) is 4.82. The maximum absolute atomic E-state index is 11.7. The molecule has 0 aromatic rings. The summed E-state index contributed by atoms with van der Waals surface area (Å²) in [5, 5.41) is 6.24.